The van der Waals surface area contributed by atoms with E-state index in [-0.39, 0.29) is 0 Å². The highest BCUT2D eigenvalue weighted by Crippen LogP contribution is 1.98. The summed E-state index contributed by atoms with van der Waals surface area (Å²) < 4.78 is 0. The molecule has 15 heavy (non-hydrogen) atoms. The largest absolute Gasteiger partial charge is 0.480 e. The lowest BCUT2D eigenvalue weighted by Crippen LogP contribution is -2.30. The third kappa shape index (κ3) is 9.26. The molecule has 0 aromatic heterocycles. The molecule has 1 atom stereocenters. The third-order valence-corrected chi connectivity index (χ3v) is 2.11. The minimum absolute atomic E-state index is 0.543. The van der Waals surface area contributed by atoms with Crippen LogP contribution in [0, 0.1) is 12.3 Å². The first-order valence-electron chi connectivity index (χ1n) is 5.31. The molecule has 0 spiro atoms. The summed E-state index contributed by atoms with van der Waals surface area (Å²) in [6.07, 6.45) is 9.24. The molecule has 0 rings (SSSR count). The zero-order chi connectivity index (χ0) is 11.5. The van der Waals surface area contributed by atoms with Gasteiger partial charge in [0.1, 0.15) is 6.04 Å². The van der Waals surface area contributed by atoms with E-state index in [1.165, 1.54) is 0 Å². The lowest BCUT2D eigenvalue weighted by atomic mass is 10.1. The number of nitrogens with one attached hydrogen (secondary N) is 1. The lowest BCUT2D eigenvalue weighted by Gasteiger charge is -2.06. The predicted molar refractivity (Wildman–Crippen MR) is 60.4 cm³/mol. The first kappa shape index (κ1) is 13.9. The fraction of sp³-hybridized carbons (Fsp3) is 0.727. The van der Waals surface area contributed by atoms with E-state index in [1.54, 1.807) is 0 Å². The fourth-order valence-corrected chi connectivity index (χ4v) is 1.18. The molecule has 1 unspecified atom stereocenters. The van der Waals surface area contributed by atoms with Crippen LogP contribution in [-0.2, 0) is 4.79 Å². The molecule has 0 aliphatic carbocycles. The van der Waals surface area contributed by atoms with Gasteiger partial charge in [-0.25, -0.2) is 0 Å². The van der Waals surface area contributed by atoms with Crippen molar-refractivity contribution in [3.05, 3.63) is 0 Å². The van der Waals surface area contributed by atoms with Gasteiger partial charge < -0.3 is 16.2 Å². The van der Waals surface area contributed by atoms with E-state index in [0.717, 1.165) is 38.8 Å². The maximum atomic E-state index is 10.4. The number of terminal acetylenes is 1. The van der Waals surface area contributed by atoms with Crippen molar-refractivity contribution >= 4 is 5.97 Å². The average Bonchev–Trinajstić information content (AvgIpc) is 2.21. The molecule has 0 heterocycles. The molecule has 4 N–H and O–H groups in total. The van der Waals surface area contributed by atoms with Crippen LogP contribution in [0.1, 0.15) is 32.1 Å². The van der Waals surface area contributed by atoms with Gasteiger partial charge in [0.25, 0.3) is 0 Å². The van der Waals surface area contributed by atoms with Gasteiger partial charge >= 0.3 is 5.97 Å². The van der Waals surface area contributed by atoms with Crippen molar-refractivity contribution in [3.63, 3.8) is 0 Å². The van der Waals surface area contributed by atoms with Gasteiger partial charge in [0.2, 0.25) is 0 Å². The molecule has 0 aromatic carbocycles. The van der Waals surface area contributed by atoms with Crippen molar-refractivity contribution in [2.75, 3.05) is 13.1 Å². The molecule has 0 saturated heterocycles. The first-order chi connectivity index (χ1) is 7.18. The molecule has 0 radical (unpaired) electrons. The quantitative estimate of drug-likeness (QED) is 0.386. The van der Waals surface area contributed by atoms with Gasteiger partial charge in [-0.15, -0.1) is 12.3 Å². The molecule has 0 bridgehead atoms. The summed E-state index contributed by atoms with van der Waals surface area (Å²) in [5.74, 6) is 1.66. The lowest BCUT2D eigenvalue weighted by molar-refractivity contribution is -0.138. The van der Waals surface area contributed by atoms with Crippen LogP contribution in [0.15, 0.2) is 0 Å². The van der Waals surface area contributed by atoms with E-state index in [9.17, 15) is 4.79 Å². The van der Waals surface area contributed by atoms with Crippen molar-refractivity contribution in [1.82, 2.24) is 5.32 Å². The second-order valence-electron chi connectivity index (χ2n) is 3.50. The van der Waals surface area contributed by atoms with E-state index >= 15 is 0 Å². The minimum atomic E-state index is -0.919. The number of hydrogen-bond acceptors (Lipinski definition) is 3. The molecule has 4 heteroatoms. The number of aliphatic carboxylic acids is 1. The Morgan fingerprint density at radius 2 is 2.07 bits per heavy atom. The van der Waals surface area contributed by atoms with Crippen molar-refractivity contribution in [2.24, 2.45) is 5.73 Å². The van der Waals surface area contributed by atoms with Crippen molar-refractivity contribution in [3.8, 4) is 12.3 Å². The Kier molecular flexibility index (Phi) is 8.84. The van der Waals surface area contributed by atoms with Gasteiger partial charge in [0.15, 0.2) is 0 Å². The summed E-state index contributed by atoms with van der Waals surface area (Å²) in [6, 6.07) is -0.716. The minimum Gasteiger partial charge on any atom is -0.480 e. The maximum Gasteiger partial charge on any atom is 0.320 e. The molecular weight excluding hydrogens is 192 g/mol. The topological polar surface area (TPSA) is 75.3 Å². The van der Waals surface area contributed by atoms with Crippen LogP contribution in [0.4, 0.5) is 0 Å². The number of carboxylic acid groups (broad SMARTS) is 1. The number of carbonyl (C=O) groups is 1. The summed E-state index contributed by atoms with van der Waals surface area (Å²) >= 11 is 0. The van der Waals surface area contributed by atoms with Gasteiger partial charge in [-0.1, -0.05) is 6.42 Å². The monoisotopic (exact) mass is 212 g/mol. The van der Waals surface area contributed by atoms with Gasteiger partial charge in [-0.05, 0) is 32.4 Å². The average molecular weight is 212 g/mol. The van der Waals surface area contributed by atoms with Crippen LogP contribution in [0.3, 0.4) is 0 Å². The summed E-state index contributed by atoms with van der Waals surface area (Å²) in [7, 11) is 0. The molecule has 0 amide bonds. The Morgan fingerprint density at radius 3 is 2.67 bits per heavy atom. The normalized spacial score (nSPS) is 12.0. The Labute approximate surface area is 91.2 Å². The Morgan fingerprint density at radius 1 is 1.40 bits per heavy atom. The number of carboxylic acids is 1. The van der Waals surface area contributed by atoms with E-state index in [2.05, 4.69) is 11.2 Å². The summed E-state index contributed by atoms with van der Waals surface area (Å²) in [5, 5.41) is 11.8. The van der Waals surface area contributed by atoms with Gasteiger partial charge in [0, 0.05) is 6.42 Å². The predicted octanol–water partition coefficient (Wildman–Crippen LogP) is 0.572. The van der Waals surface area contributed by atoms with E-state index in [0.29, 0.717) is 6.42 Å². The highest BCUT2D eigenvalue weighted by Gasteiger charge is 2.09. The van der Waals surface area contributed by atoms with E-state index in [1.807, 2.05) is 0 Å². The number of unbranched alkanes of at least 4 members (excludes halogenated alkanes) is 2. The second-order valence-corrected chi connectivity index (χ2v) is 3.50. The fourth-order valence-electron chi connectivity index (χ4n) is 1.18. The van der Waals surface area contributed by atoms with Crippen LogP contribution in [0.25, 0.3) is 0 Å². The van der Waals surface area contributed by atoms with E-state index in [4.69, 9.17) is 17.3 Å². The van der Waals surface area contributed by atoms with Crippen molar-refractivity contribution < 1.29 is 9.90 Å². The summed E-state index contributed by atoms with van der Waals surface area (Å²) in [4.78, 5) is 10.4. The van der Waals surface area contributed by atoms with Gasteiger partial charge in [-0.2, -0.15) is 0 Å². The standard InChI is InChI=1S/C11H20N2O2/c1-2-3-5-8-13-9-6-4-7-10(12)11(14)15/h1,10,13H,3-9,12H2,(H,14,15). The SMILES string of the molecule is C#CCCCNCCCCC(N)C(=O)O. The summed E-state index contributed by atoms with van der Waals surface area (Å²) in [5.41, 5.74) is 5.35. The van der Waals surface area contributed by atoms with Crippen LogP contribution >= 0.6 is 0 Å². The van der Waals surface area contributed by atoms with E-state index < -0.39 is 12.0 Å². The maximum absolute atomic E-state index is 10.4. The highest BCUT2D eigenvalue weighted by molar-refractivity contribution is 5.72. The van der Waals surface area contributed by atoms with Crippen molar-refractivity contribution in [2.45, 2.75) is 38.1 Å². The van der Waals surface area contributed by atoms with Crippen molar-refractivity contribution in [1.29, 1.82) is 0 Å². The molecule has 0 aromatic rings. The molecule has 0 aliphatic heterocycles. The molecule has 0 fully saturated rings. The Balaban J connectivity index is 3.12. The zero-order valence-electron chi connectivity index (χ0n) is 9.04. The first-order valence-corrected chi connectivity index (χ1v) is 5.31. The smallest absolute Gasteiger partial charge is 0.320 e. The van der Waals surface area contributed by atoms with Crippen LogP contribution in [0.5, 0.6) is 0 Å². The highest BCUT2D eigenvalue weighted by atomic mass is 16.4. The van der Waals surface area contributed by atoms with Gasteiger partial charge in [-0.3, -0.25) is 4.79 Å². The number of rotatable bonds is 9. The Hall–Kier alpha value is -1.05. The number of hydrogen-bond donors (Lipinski definition) is 3. The van der Waals surface area contributed by atoms with Crippen LogP contribution < -0.4 is 11.1 Å². The molecule has 4 nitrogen and oxygen atoms in total. The Bertz CT molecular complexity index is 211. The van der Waals surface area contributed by atoms with Crippen LogP contribution in [-0.4, -0.2) is 30.2 Å². The molecule has 86 valence electrons. The third-order valence-electron chi connectivity index (χ3n) is 2.11. The second kappa shape index (κ2) is 9.50. The van der Waals surface area contributed by atoms with Crippen LogP contribution in [0.2, 0.25) is 0 Å². The zero-order valence-corrected chi connectivity index (χ0v) is 9.04. The van der Waals surface area contributed by atoms with Gasteiger partial charge in [0.05, 0.1) is 0 Å². The molecular formula is C11H20N2O2. The number of nitrogens with two attached hydrogens (primary N) is 1. The molecule has 0 aliphatic rings. The molecule has 0 saturated carbocycles. The summed E-state index contributed by atoms with van der Waals surface area (Å²) in [6.45, 7) is 1.83.